The normalized spacial score (nSPS) is 11.8. The zero-order valence-corrected chi connectivity index (χ0v) is 17.3. The number of H-pyrrole nitrogens is 2. The Morgan fingerprint density at radius 2 is 1.81 bits per heavy atom. The van der Waals surface area contributed by atoms with Crippen molar-refractivity contribution in [1.82, 2.24) is 25.5 Å². The zero-order valence-electron chi connectivity index (χ0n) is 17.3. The van der Waals surface area contributed by atoms with Gasteiger partial charge in [-0.1, -0.05) is 18.2 Å². The van der Waals surface area contributed by atoms with Crippen LogP contribution in [0.4, 0.5) is 14.5 Å². The summed E-state index contributed by atoms with van der Waals surface area (Å²) in [7, 11) is 0. The van der Waals surface area contributed by atoms with Crippen molar-refractivity contribution in [3.8, 4) is 11.5 Å². The molecule has 9 heteroatoms. The van der Waals surface area contributed by atoms with Crippen molar-refractivity contribution in [3.05, 3.63) is 65.4 Å². The first-order valence-corrected chi connectivity index (χ1v) is 9.74. The van der Waals surface area contributed by atoms with E-state index in [1.807, 2.05) is 18.2 Å². The number of hydrogen-bond acceptors (Lipinski definition) is 4. The third-order valence-corrected chi connectivity index (χ3v) is 4.72. The molecule has 0 atom stereocenters. The third-order valence-electron chi connectivity index (χ3n) is 4.72. The molecule has 4 rings (SSSR count). The molecular weight excluding hydrogens is 402 g/mol. The summed E-state index contributed by atoms with van der Waals surface area (Å²) in [6.07, 6.45) is 1.36. The van der Waals surface area contributed by atoms with E-state index in [9.17, 15) is 13.6 Å². The van der Waals surface area contributed by atoms with Gasteiger partial charge in [0.2, 0.25) is 0 Å². The Labute approximate surface area is 177 Å². The van der Waals surface area contributed by atoms with Crippen molar-refractivity contribution in [2.45, 2.75) is 32.9 Å². The number of carbonyl (C=O) groups is 1. The highest BCUT2D eigenvalue weighted by Crippen LogP contribution is 2.27. The maximum absolute atomic E-state index is 13.9. The summed E-state index contributed by atoms with van der Waals surface area (Å²) >= 11 is 0. The first-order valence-electron chi connectivity index (χ1n) is 9.74. The fraction of sp³-hybridized carbons (Fsp3) is 0.227. The number of aromatic amines is 2. The molecular formula is C22H22F2N6O. The van der Waals surface area contributed by atoms with Gasteiger partial charge in [0.1, 0.15) is 22.9 Å². The van der Waals surface area contributed by atoms with Crippen LogP contribution in [-0.4, -0.2) is 31.6 Å². The molecule has 0 aliphatic heterocycles. The van der Waals surface area contributed by atoms with Gasteiger partial charge >= 0.3 is 0 Å². The fourth-order valence-corrected chi connectivity index (χ4v) is 3.17. The number of amides is 1. The van der Waals surface area contributed by atoms with Crippen molar-refractivity contribution in [2.75, 3.05) is 5.32 Å². The molecule has 0 spiro atoms. The van der Waals surface area contributed by atoms with Crippen LogP contribution in [0.2, 0.25) is 0 Å². The number of hydrogen-bond donors (Lipinski definition) is 4. The molecule has 4 aromatic rings. The van der Waals surface area contributed by atoms with Crippen LogP contribution in [0.3, 0.4) is 0 Å². The predicted molar refractivity (Wildman–Crippen MR) is 115 cm³/mol. The number of fused-ring (bicyclic) bond motifs is 1. The number of rotatable bonds is 5. The summed E-state index contributed by atoms with van der Waals surface area (Å²) in [6.45, 7) is 6.88. The smallest absolute Gasteiger partial charge is 0.261 e. The second-order valence-corrected chi connectivity index (χ2v) is 8.21. The molecule has 2 aromatic carbocycles. The molecule has 1 amide bonds. The molecule has 2 heterocycles. The number of imidazole rings is 1. The van der Waals surface area contributed by atoms with Crippen molar-refractivity contribution in [2.24, 2.45) is 0 Å². The maximum Gasteiger partial charge on any atom is 0.261 e. The average molecular weight is 424 g/mol. The van der Waals surface area contributed by atoms with E-state index < -0.39 is 23.1 Å². The molecule has 160 valence electrons. The number of halogens is 2. The summed E-state index contributed by atoms with van der Waals surface area (Å²) in [5.74, 6) is -2.35. The number of aromatic nitrogens is 4. The molecule has 4 N–H and O–H groups in total. The van der Waals surface area contributed by atoms with Gasteiger partial charge in [0.05, 0.1) is 22.9 Å². The minimum absolute atomic E-state index is 0.0515. The van der Waals surface area contributed by atoms with E-state index in [-0.39, 0.29) is 11.2 Å². The highest BCUT2D eigenvalue weighted by atomic mass is 19.1. The SMILES string of the molecule is CC(C)(C)NCc1cccc2[nH]c(-c3[nH]ncc3NC(=O)c3c(F)cccc3F)nc12. The number of nitrogens with one attached hydrogen (secondary N) is 4. The molecule has 0 bridgehead atoms. The predicted octanol–water partition coefficient (Wildman–Crippen LogP) is 4.37. The Kier molecular flexibility index (Phi) is 5.28. The van der Waals surface area contributed by atoms with Gasteiger partial charge in [0.15, 0.2) is 5.82 Å². The quantitative estimate of drug-likeness (QED) is 0.382. The molecule has 0 fully saturated rings. The van der Waals surface area contributed by atoms with Crippen molar-refractivity contribution >= 4 is 22.6 Å². The van der Waals surface area contributed by atoms with Gasteiger partial charge in [-0.2, -0.15) is 5.10 Å². The zero-order chi connectivity index (χ0) is 22.2. The fourth-order valence-electron chi connectivity index (χ4n) is 3.17. The number of carbonyl (C=O) groups excluding carboxylic acids is 1. The Balaban J connectivity index is 1.65. The van der Waals surface area contributed by atoms with E-state index in [1.54, 1.807) is 0 Å². The molecule has 0 radical (unpaired) electrons. The van der Waals surface area contributed by atoms with E-state index in [0.717, 1.165) is 28.7 Å². The topological polar surface area (TPSA) is 98.5 Å². The largest absolute Gasteiger partial charge is 0.337 e. The van der Waals surface area contributed by atoms with Crippen LogP contribution < -0.4 is 10.6 Å². The third kappa shape index (κ3) is 4.31. The Morgan fingerprint density at radius 1 is 1.10 bits per heavy atom. The van der Waals surface area contributed by atoms with Crippen LogP contribution in [0.5, 0.6) is 0 Å². The maximum atomic E-state index is 13.9. The van der Waals surface area contributed by atoms with E-state index in [2.05, 4.69) is 51.6 Å². The molecule has 0 unspecified atom stereocenters. The van der Waals surface area contributed by atoms with E-state index in [0.29, 0.717) is 18.1 Å². The Hall–Kier alpha value is -3.59. The molecule has 0 saturated carbocycles. The summed E-state index contributed by atoms with van der Waals surface area (Å²) in [4.78, 5) is 20.3. The van der Waals surface area contributed by atoms with E-state index in [1.165, 1.54) is 12.3 Å². The van der Waals surface area contributed by atoms with Gasteiger partial charge in [-0.25, -0.2) is 13.8 Å². The van der Waals surface area contributed by atoms with Crippen LogP contribution in [0.1, 0.15) is 36.7 Å². The second kappa shape index (κ2) is 7.92. The van der Waals surface area contributed by atoms with Crippen LogP contribution in [0.25, 0.3) is 22.6 Å². The first-order chi connectivity index (χ1) is 14.7. The summed E-state index contributed by atoms with van der Waals surface area (Å²) in [6, 6.07) is 9.07. The van der Waals surface area contributed by atoms with Gasteiger partial charge in [0.25, 0.3) is 5.91 Å². The standard InChI is InChI=1S/C22H22F2N6O/c1-22(2,3)25-10-12-6-4-9-15-18(12)29-20(27-15)19-16(11-26-30-19)28-21(31)17-13(23)7-5-8-14(17)24/h4-9,11,25H,10H2,1-3H3,(H,26,30)(H,27,29)(H,28,31). The van der Waals surface area contributed by atoms with Crippen molar-refractivity contribution < 1.29 is 13.6 Å². The van der Waals surface area contributed by atoms with Crippen LogP contribution >= 0.6 is 0 Å². The average Bonchev–Trinajstić information content (AvgIpc) is 3.32. The van der Waals surface area contributed by atoms with Crippen molar-refractivity contribution in [3.63, 3.8) is 0 Å². The lowest BCUT2D eigenvalue weighted by molar-refractivity contribution is 0.101. The highest BCUT2D eigenvalue weighted by molar-refractivity contribution is 6.06. The Morgan fingerprint density at radius 3 is 2.52 bits per heavy atom. The summed E-state index contributed by atoms with van der Waals surface area (Å²) < 4.78 is 27.9. The minimum atomic E-state index is -0.942. The number of benzene rings is 2. The van der Waals surface area contributed by atoms with Gasteiger partial charge in [-0.05, 0) is 44.5 Å². The van der Waals surface area contributed by atoms with E-state index in [4.69, 9.17) is 0 Å². The van der Waals surface area contributed by atoms with Crippen LogP contribution in [0, 0.1) is 11.6 Å². The Bertz CT molecular complexity index is 1230. The lowest BCUT2D eigenvalue weighted by atomic mass is 10.1. The van der Waals surface area contributed by atoms with Crippen LogP contribution in [-0.2, 0) is 6.54 Å². The molecule has 0 saturated heterocycles. The monoisotopic (exact) mass is 424 g/mol. The van der Waals surface area contributed by atoms with E-state index >= 15 is 0 Å². The van der Waals surface area contributed by atoms with Gasteiger partial charge in [0, 0.05) is 12.1 Å². The molecule has 7 nitrogen and oxygen atoms in total. The second-order valence-electron chi connectivity index (χ2n) is 8.21. The van der Waals surface area contributed by atoms with Crippen LogP contribution in [0.15, 0.2) is 42.6 Å². The van der Waals surface area contributed by atoms with Gasteiger partial charge < -0.3 is 15.6 Å². The lowest BCUT2D eigenvalue weighted by Gasteiger charge is -2.20. The van der Waals surface area contributed by atoms with Gasteiger partial charge in [-0.15, -0.1) is 0 Å². The van der Waals surface area contributed by atoms with Gasteiger partial charge in [-0.3, -0.25) is 9.89 Å². The first kappa shape index (κ1) is 20.7. The highest BCUT2D eigenvalue weighted by Gasteiger charge is 2.21. The number of nitrogens with zero attached hydrogens (tertiary/aromatic N) is 2. The number of anilines is 1. The number of para-hydroxylation sites is 1. The molecule has 31 heavy (non-hydrogen) atoms. The minimum Gasteiger partial charge on any atom is -0.337 e. The summed E-state index contributed by atoms with van der Waals surface area (Å²) in [5, 5.41) is 12.7. The summed E-state index contributed by atoms with van der Waals surface area (Å²) in [5.41, 5.74) is 2.54. The van der Waals surface area contributed by atoms with Crippen molar-refractivity contribution in [1.29, 1.82) is 0 Å². The lowest BCUT2D eigenvalue weighted by Crippen LogP contribution is -2.35. The molecule has 0 aliphatic rings. The molecule has 0 aliphatic carbocycles. The molecule has 2 aromatic heterocycles.